The third-order valence-electron chi connectivity index (χ3n) is 3.45. The predicted molar refractivity (Wildman–Crippen MR) is 74.8 cm³/mol. The molecule has 0 aromatic heterocycles. The fraction of sp³-hybridized carbons (Fsp3) is 0.533. The van der Waals surface area contributed by atoms with Crippen molar-refractivity contribution in [3.8, 4) is 5.75 Å². The first-order chi connectivity index (χ1) is 9.28. The number of benzene rings is 1. The highest BCUT2D eigenvalue weighted by atomic mass is 16.5. The molecule has 19 heavy (non-hydrogen) atoms. The molecule has 4 heteroatoms. The molecule has 0 heterocycles. The van der Waals surface area contributed by atoms with Gasteiger partial charge < -0.3 is 15.8 Å². The van der Waals surface area contributed by atoms with Crippen LogP contribution in [0, 0.1) is 0 Å². The van der Waals surface area contributed by atoms with Crippen molar-refractivity contribution < 1.29 is 9.53 Å². The maximum absolute atomic E-state index is 11.1. The summed E-state index contributed by atoms with van der Waals surface area (Å²) in [5.74, 6) is 0.781. The molecule has 0 saturated heterocycles. The molecule has 1 aromatic carbocycles. The zero-order valence-corrected chi connectivity index (χ0v) is 11.2. The van der Waals surface area contributed by atoms with Gasteiger partial charge in [-0.3, -0.25) is 4.79 Å². The van der Waals surface area contributed by atoms with Crippen LogP contribution in [0.25, 0.3) is 0 Å². The number of rotatable bonds is 5. The molecule has 1 fully saturated rings. The van der Waals surface area contributed by atoms with Gasteiger partial charge in [-0.2, -0.15) is 0 Å². The Balaban J connectivity index is 1.82. The lowest BCUT2D eigenvalue weighted by Crippen LogP contribution is -2.29. The Morgan fingerprint density at radius 1 is 1.21 bits per heavy atom. The van der Waals surface area contributed by atoms with Crippen molar-refractivity contribution in [3.63, 3.8) is 0 Å². The van der Waals surface area contributed by atoms with Gasteiger partial charge in [-0.15, -0.1) is 0 Å². The smallest absolute Gasteiger partial charge is 0.234 e. The van der Waals surface area contributed by atoms with Gasteiger partial charge >= 0.3 is 0 Å². The lowest BCUT2D eigenvalue weighted by atomic mass is 9.98. The second-order valence-corrected chi connectivity index (χ2v) is 5.00. The van der Waals surface area contributed by atoms with Crippen molar-refractivity contribution in [2.75, 3.05) is 6.54 Å². The number of nitrogens with two attached hydrogens (primary N) is 1. The second-order valence-electron chi connectivity index (χ2n) is 5.00. The molecule has 0 unspecified atom stereocenters. The van der Waals surface area contributed by atoms with Crippen LogP contribution < -0.4 is 15.8 Å². The van der Waals surface area contributed by atoms with Gasteiger partial charge in [-0.25, -0.2) is 0 Å². The van der Waals surface area contributed by atoms with Crippen LogP contribution in [0.1, 0.15) is 37.7 Å². The minimum absolute atomic E-state index is 0.0306. The normalized spacial score (nSPS) is 16.1. The van der Waals surface area contributed by atoms with Crippen molar-refractivity contribution >= 4 is 5.91 Å². The average Bonchev–Trinajstić information content (AvgIpc) is 2.47. The number of ether oxygens (including phenoxy) is 1. The first-order valence-electron chi connectivity index (χ1n) is 7.00. The Hall–Kier alpha value is -1.55. The molecule has 1 saturated carbocycles. The average molecular weight is 262 g/mol. The fourth-order valence-corrected chi connectivity index (χ4v) is 2.33. The molecule has 3 N–H and O–H groups in total. The molecule has 0 bridgehead atoms. The lowest BCUT2D eigenvalue weighted by molar-refractivity contribution is -0.119. The van der Waals surface area contributed by atoms with Crippen LogP contribution in [-0.2, 0) is 11.3 Å². The summed E-state index contributed by atoms with van der Waals surface area (Å²) < 4.78 is 5.95. The molecule has 4 nitrogen and oxygen atoms in total. The van der Waals surface area contributed by atoms with Gasteiger partial charge in [0.25, 0.3) is 0 Å². The van der Waals surface area contributed by atoms with Crippen molar-refractivity contribution in [2.45, 2.75) is 44.8 Å². The van der Waals surface area contributed by atoms with Crippen molar-refractivity contribution in [2.24, 2.45) is 5.73 Å². The van der Waals surface area contributed by atoms with Crippen LogP contribution in [-0.4, -0.2) is 18.6 Å². The predicted octanol–water partition coefficient (Wildman–Crippen LogP) is 1.97. The Morgan fingerprint density at radius 3 is 2.53 bits per heavy atom. The van der Waals surface area contributed by atoms with E-state index in [1.165, 1.54) is 19.3 Å². The summed E-state index contributed by atoms with van der Waals surface area (Å²) in [6.45, 7) is 0.544. The van der Waals surface area contributed by atoms with Gasteiger partial charge in [0.1, 0.15) is 5.75 Å². The van der Waals surface area contributed by atoms with E-state index < -0.39 is 0 Å². The highest BCUT2D eigenvalue weighted by Gasteiger charge is 2.14. The zero-order chi connectivity index (χ0) is 13.5. The molecule has 0 radical (unpaired) electrons. The molecule has 0 atom stereocenters. The standard InChI is InChI=1S/C15H22N2O2/c16-10-15(18)17-11-12-6-8-14(9-7-12)19-13-4-2-1-3-5-13/h6-9,13H,1-5,10-11,16H2,(H,17,18). The third-order valence-corrected chi connectivity index (χ3v) is 3.45. The van der Waals surface area contributed by atoms with E-state index in [2.05, 4.69) is 5.32 Å². The molecule has 2 rings (SSSR count). The number of hydrogen-bond donors (Lipinski definition) is 2. The Labute approximate surface area is 114 Å². The molecule has 0 aliphatic heterocycles. The summed E-state index contributed by atoms with van der Waals surface area (Å²) >= 11 is 0. The van der Waals surface area contributed by atoms with Gasteiger partial charge in [0.05, 0.1) is 12.6 Å². The molecule has 104 valence electrons. The van der Waals surface area contributed by atoms with Crippen molar-refractivity contribution in [1.29, 1.82) is 0 Å². The first-order valence-corrected chi connectivity index (χ1v) is 7.00. The minimum atomic E-state index is -0.137. The van der Waals surface area contributed by atoms with E-state index in [0.717, 1.165) is 24.2 Å². The van der Waals surface area contributed by atoms with Crippen LogP contribution >= 0.6 is 0 Å². The Bertz CT molecular complexity index is 397. The summed E-state index contributed by atoms with van der Waals surface area (Å²) in [4.78, 5) is 11.1. The monoisotopic (exact) mass is 262 g/mol. The number of hydrogen-bond acceptors (Lipinski definition) is 3. The summed E-state index contributed by atoms with van der Waals surface area (Å²) in [6.07, 6.45) is 6.57. The minimum Gasteiger partial charge on any atom is -0.490 e. The van der Waals surface area contributed by atoms with Gasteiger partial charge in [-0.1, -0.05) is 18.6 Å². The molecular formula is C15H22N2O2. The van der Waals surface area contributed by atoms with E-state index in [-0.39, 0.29) is 12.5 Å². The highest BCUT2D eigenvalue weighted by molar-refractivity contribution is 5.77. The lowest BCUT2D eigenvalue weighted by Gasteiger charge is -2.23. The van der Waals surface area contributed by atoms with Gasteiger partial charge in [0, 0.05) is 6.54 Å². The second kappa shape index (κ2) is 7.14. The Morgan fingerprint density at radius 2 is 1.89 bits per heavy atom. The largest absolute Gasteiger partial charge is 0.490 e. The van der Waals surface area contributed by atoms with Crippen molar-refractivity contribution in [3.05, 3.63) is 29.8 Å². The van der Waals surface area contributed by atoms with Crippen LogP contribution in [0.5, 0.6) is 5.75 Å². The van der Waals surface area contributed by atoms with Gasteiger partial charge in [0.2, 0.25) is 5.91 Å². The quantitative estimate of drug-likeness (QED) is 0.852. The zero-order valence-electron chi connectivity index (χ0n) is 11.2. The summed E-state index contributed by atoms with van der Waals surface area (Å²) in [5, 5.41) is 2.74. The van der Waals surface area contributed by atoms with Crippen LogP contribution in [0.3, 0.4) is 0 Å². The topological polar surface area (TPSA) is 64.4 Å². The van der Waals surface area contributed by atoms with Crippen LogP contribution in [0.2, 0.25) is 0 Å². The number of amides is 1. The third kappa shape index (κ3) is 4.56. The number of carbonyl (C=O) groups is 1. The van der Waals surface area contributed by atoms with Crippen LogP contribution in [0.15, 0.2) is 24.3 Å². The molecule has 0 spiro atoms. The highest BCUT2D eigenvalue weighted by Crippen LogP contribution is 2.23. The summed E-state index contributed by atoms with van der Waals surface area (Å²) in [7, 11) is 0. The molecule has 1 amide bonds. The van der Waals surface area contributed by atoms with E-state index in [1.54, 1.807) is 0 Å². The fourth-order valence-electron chi connectivity index (χ4n) is 2.33. The van der Waals surface area contributed by atoms with E-state index in [1.807, 2.05) is 24.3 Å². The van der Waals surface area contributed by atoms with E-state index >= 15 is 0 Å². The van der Waals surface area contributed by atoms with E-state index in [4.69, 9.17) is 10.5 Å². The summed E-state index contributed by atoms with van der Waals surface area (Å²) in [5.41, 5.74) is 6.29. The number of nitrogens with one attached hydrogen (secondary N) is 1. The maximum Gasteiger partial charge on any atom is 0.234 e. The Kier molecular flexibility index (Phi) is 5.21. The van der Waals surface area contributed by atoms with Gasteiger partial charge in [-0.05, 0) is 43.4 Å². The number of carbonyl (C=O) groups excluding carboxylic acids is 1. The maximum atomic E-state index is 11.1. The molecule has 1 aliphatic carbocycles. The van der Waals surface area contributed by atoms with Gasteiger partial charge in [0.15, 0.2) is 0 Å². The van der Waals surface area contributed by atoms with E-state index in [9.17, 15) is 4.79 Å². The van der Waals surface area contributed by atoms with Crippen LogP contribution in [0.4, 0.5) is 0 Å². The molecule has 1 aliphatic rings. The SMILES string of the molecule is NCC(=O)NCc1ccc(OC2CCCCC2)cc1. The van der Waals surface area contributed by atoms with E-state index in [0.29, 0.717) is 12.6 Å². The molecular weight excluding hydrogens is 240 g/mol. The first kappa shape index (κ1) is 13.9. The van der Waals surface area contributed by atoms with Crippen molar-refractivity contribution in [1.82, 2.24) is 5.32 Å². The molecule has 1 aromatic rings. The summed E-state index contributed by atoms with van der Waals surface area (Å²) in [6, 6.07) is 7.90.